The molecule has 0 N–H and O–H groups in total. The van der Waals surface area contributed by atoms with Crippen molar-refractivity contribution in [2.75, 3.05) is 32.6 Å². The zero-order valence-electron chi connectivity index (χ0n) is 13.3. The average molecular weight is 360 g/mol. The van der Waals surface area contributed by atoms with E-state index in [0.29, 0.717) is 12.0 Å². The lowest BCUT2D eigenvalue weighted by Crippen LogP contribution is -2.37. The van der Waals surface area contributed by atoms with Gasteiger partial charge in [0.25, 0.3) is 5.91 Å². The number of hydrogen-bond donors (Lipinski definition) is 0. The topological polar surface area (TPSA) is 91.8 Å². The van der Waals surface area contributed by atoms with Gasteiger partial charge in [-0.2, -0.15) is 0 Å². The second kappa shape index (κ2) is 6.21. The molecule has 1 aliphatic rings. The Kier molecular flexibility index (Phi) is 4.84. The van der Waals surface area contributed by atoms with E-state index in [1.165, 1.54) is 43.3 Å². The van der Waals surface area contributed by atoms with Gasteiger partial charge in [-0.25, -0.2) is 21.1 Å². The molecule has 23 heavy (non-hydrogen) atoms. The van der Waals surface area contributed by atoms with E-state index in [1.807, 2.05) is 0 Å². The van der Waals surface area contributed by atoms with Crippen LogP contribution >= 0.6 is 0 Å². The molecule has 1 aromatic carbocycles. The molecule has 1 amide bonds. The highest BCUT2D eigenvalue weighted by Crippen LogP contribution is 2.20. The normalized spacial score (nSPS) is 20.6. The zero-order valence-corrected chi connectivity index (χ0v) is 14.9. The van der Waals surface area contributed by atoms with Crippen molar-refractivity contribution in [3.63, 3.8) is 0 Å². The minimum atomic E-state index is -3.54. The Morgan fingerprint density at radius 1 is 1.13 bits per heavy atom. The molecule has 1 atom stereocenters. The van der Waals surface area contributed by atoms with Gasteiger partial charge in [0.15, 0.2) is 9.84 Å². The van der Waals surface area contributed by atoms with Gasteiger partial charge in [0, 0.05) is 32.7 Å². The quantitative estimate of drug-likeness (QED) is 0.765. The van der Waals surface area contributed by atoms with Crippen molar-refractivity contribution in [3.8, 4) is 0 Å². The smallest absolute Gasteiger partial charge is 0.253 e. The molecular weight excluding hydrogens is 340 g/mol. The lowest BCUT2D eigenvalue weighted by molar-refractivity contribution is 0.0747. The van der Waals surface area contributed by atoms with Crippen molar-refractivity contribution in [2.45, 2.75) is 17.4 Å². The Bertz CT molecular complexity index is 798. The van der Waals surface area contributed by atoms with Crippen LogP contribution in [0.5, 0.6) is 0 Å². The standard InChI is InChI=1S/C14H20N2O5S2/c1-15(2)23(20,21)13-6-4-11(5-7-13)14(17)16(3)12-8-9-22(18,19)10-12/h4-7,12H,8-10H2,1-3H3/t12-/m1/s1. The summed E-state index contributed by atoms with van der Waals surface area (Å²) >= 11 is 0. The first kappa shape index (κ1) is 17.9. The summed E-state index contributed by atoms with van der Waals surface area (Å²) in [7, 11) is -2.18. The summed E-state index contributed by atoms with van der Waals surface area (Å²) in [6.45, 7) is 0. The summed E-state index contributed by atoms with van der Waals surface area (Å²) in [6, 6.07) is 5.30. The van der Waals surface area contributed by atoms with Crippen molar-refractivity contribution in [1.82, 2.24) is 9.21 Å². The summed E-state index contributed by atoms with van der Waals surface area (Å²) < 4.78 is 48.1. The molecule has 9 heteroatoms. The number of benzene rings is 1. The molecule has 1 fully saturated rings. The molecule has 2 rings (SSSR count). The molecule has 0 aromatic heterocycles. The molecule has 7 nitrogen and oxygen atoms in total. The number of carbonyl (C=O) groups excluding carboxylic acids is 1. The first-order chi connectivity index (χ1) is 10.5. The van der Waals surface area contributed by atoms with Gasteiger partial charge in [-0.3, -0.25) is 4.79 Å². The number of hydrogen-bond acceptors (Lipinski definition) is 5. The van der Waals surface area contributed by atoms with Crippen LogP contribution in [0.25, 0.3) is 0 Å². The van der Waals surface area contributed by atoms with Crippen LogP contribution in [0.4, 0.5) is 0 Å². The van der Waals surface area contributed by atoms with E-state index in [1.54, 1.807) is 7.05 Å². The lowest BCUT2D eigenvalue weighted by Gasteiger charge is -2.23. The number of amides is 1. The van der Waals surface area contributed by atoms with Crippen LogP contribution in [0.1, 0.15) is 16.8 Å². The van der Waals surface area contributed by atoms with Gasteiger partial charge in [0.05, 0.1) is 16.4 Å². The van der Waals surface area contributed by atoms with Crippen molar-refractivity contribution in [1.29, 1.82) is 0 Å². The fourth-order valence-corrected chi connectivity index (χ4v) is 5.11. The zero-order chi connectivity index (χ0) is 17.4. The molecule has 1 saturated heterocycles. The van der Waals surface area contributed by atoms with Crippen LogP contribution in [-0.4, -0.2) is 70.6 Å². The molecule has 0 saturated carbocycles. The average Bonchev–Trinajstić information content (AvgIpc) is 2.86. The van der Waals surface area contributed by atoms with Crippen LogP contribution < -0.4 is 0 Å². The third-order valence-corrected chi connectivity index (χ3v) is 7.54. The molecular formula is C14H20N2O5S2. The third-order valence-electron chi connectivity index (χ3n) is 3.96. The highest BCUT2D eigenvalue weighted by Gasteiger charge is 2.33. The van der Waals surface area contributed by atoms with Gasteiger partial charge >= 0.3 is 0 Å². The Morgan fingerprint density at radius 2 is 1.70 bits per heavy atom. The van der Waals surface area contributed by atoms with E-state index in [9.17, 15) is 21.6 Å². The number of carbonyl (C=O) groups is 1. The maximum absolute atomic E-state index is 12.4. The molecule has 1 aliphatic heterocycles. The molecule has 1 heterocycles. The minimum Gasteiger partial charge on any atom is -0.338 e. The molecule has 1 aromatic rings. The van der Waals surface area contributed by atoms with Gasteiger partial charge in [0.1, 0.15) is 0 Å². The van der Waals surface area contributed by atoms with Crippen LogP contribution in [-0.2, 0) is 19.9 Å². The summed E-state index contributed by atoms with van der Waals surface area (Å²) in [5.74, 6) is -0.252. The summed E-state index contributed by atoms with van der Waals surface area (Å²) in [4.78, 5) is 13.9. The van der Waals surface area contributed by atoms with Gasteiger partial charge in [-0.05, 0) is 30.7 Å². The predicted octanol–water partition coefficient (Wildman–Crippen LogP) is 0.196. The van der Waals surface area contributed by atoms with E-state index in [4.69, 9.17) is 0 Å². The van der Waals surface area contributed by atoms with E-state index in [2.05, 4.69) is 0 Å². The monoisotopic (exact) mass is 360 g/mol. The molecule has 0 unspecified atom stereocenters. The van der Waals surface area contributed by atoms with E-state index in [-0.39, 0.29) is 28.4 Å². The second-order valence-electron chi connectivity index (χ2n) is 5.78. The molecule has 0 radical (unpaired) electrons. The highest BCUT2D eigenvalue weighted by atomic mass is 32.2. The van der Waals surface area contributed by atoms with Crippen LogP contribution in [0.2, 0.25) is 0 Å². The molecule has 0 aliphatic carbocycles. The van der Waals surface area contributed by atoms with Crippen molar-refractivity contribution in [3.05, 3.63) is 29.8 Å². The number of nitrogens with zero attached hydrogens (tertiary/aromatic N) is 2. The fourth-order valence-electron chi connectivity index (χ4n) is 2.43. The molecule has 0 bridgehead atoms. The van der Waals surface area contributed by atoms with Gasteiger partial charge < -0.3 is 4.90 Å². The summed E-state index contributed by atoms with van der Waals surface area (Å²) in [5.41, 5.74) is 0.328. The Hall–Kier alpha value is -1.45. The SMILES string of the molecule is CN(C(=O)c1ccc(S(=O)(=O)N(C)C)cc1)[C@@H]1CCS(=O)(=O)C1. The first-order valence-electron chi connectivity index (χ1n) is 7.05. The van der Waals surface area contributed by atoms with E-state index >= 15 is 0 Å². The van der Waals surface area contributed by atoms with Crippen molar-refractivity contribution in [2.24, 2.45) is 0 Å². The van der Waals surface area contributed by atoms with Crippen LogP contribution in [0.3, 0.4) is 0 Å². The molecule has 128 valence electrons. The van der Waals surface area contributed by atoms with Crippen LogP contribution in [0.15, 0.2) is 29.2 Å². The van der Waals surface area contributed by atoms with Gasteiger partial charge in [-0.1, -0.05) is 0 Å². The third kappa shape index (κ3) is 3.73. The van der Waals surface area contributed by atoms with E-state index in [0.717, 1.165) is 4.31 Å². The maximum Gasteiger partial charge on any atom is 0.253 e. The van der Waals surface area contributed by atoms with Crippen molar-refractivity contribution >= 4 is 25.8 Å². The Morgan fingerprint density at radius 3 is 2.13 bits per heavy atom. The number of sulfone groups is 1. The lowest BCUT2D eigenvalue weighted by atomic mass is 10.1. The Balaban J connectivity index is 2.18. The summed E-state index contributed by atoms with van der Waals surface area (Å²) in [5, 5.41) is 0. The number of rotatable bonds is 4. The second-order valence-corrected chi connectivity index (χ2v) is 10.2. The maximum atomic E-state index is 12.4. The Labute approximate surface area is 136 Å². The van der Waals surface area contributed by atoms with Crippen LogP contribution in [0, 0.1) is 0 Å². The first-order valence-corrected chi connectivity index (χ1v) is 10.3. The van der Waals surface area contributed by atoms with E-state index < -0.39 is 19.9 Å². The highest BCUT2D eigenvalue weighted by molar-refractivity contribution is 7.91. The minimum absolute atomic E-state index is 0.0255. The predicted molar refractivity (Wildman–Crippen MR) is 86.5 cm³/mol. The van der Waals surface area contributed by atoms with Gasteiger partial charge in [-0.15, -0.1) is 0 Å². The van der Waals surface area contributed by atoms with Crippen molar-refractivity contribution < 1.29 is 21.6 Å². The largest absolute Gasteiger partial charge is 0.338 e. The fraction of sp³-hybridized carbons (Fsp3) is 0.500. The van der Waals surface area contributed by atoms with Gasteiger partial charge in [0.2, 0.25) is 10.0 Å². The summed E-state index contributed by atoms with van der Waals surface area (Å²) in [6.07, 6.45) is 0.428. The molecule has 0 spiro atoms. The number of sulfonamides is 1.